The molecule has 61 heavy (non-hydrogen) atoms. The maximum atomic E-state index is 5.30. The Morgan fingerprint density at radius 1 is 0.311 bits per heavy atom. The quantitative estimate of drug-likeness (QED) is 0.157. The Labute approximate surface area is 359 Å². The van der Waals surface area contributed by atoms with Gasteiger partial charge in [0.15, 0.2) is 5.82 Å². The van der Waals surface area contributed by atoms with Gasteiger partial charge in [0.2, 0.25) is 6.71 Å². The van der Waals surface area contributed by atoms with Gasteiger partial charge in [-0.25, -0.2) is 9.97 Å². The van der Waals surface area contributed by atoms with Gasteiger partial charge in [-0.15, -0.1) is 0 Å². The van der Waals surface area contributed by atoms with Crippen LogP contribution in [0.5, 0.6) is 0 Å². The van der Waals surface area contributed by atoms with Crippen LogP contribution in [-0.2, 0) is 10.8 Å². The summed E-state index contributed by atoms with van der Waals surface area (Å²) in [5, 5.41) is 0. The zero-order chi connectivity index (χ0) is 41.3. The van der Waals surface area contributed by atoms with E-state index in [0.29, 0.717) is 5.82 Å². The summed E-state index contributed by atoms with van der Waals surface area (Å²) in [6, 6.07) is 72.8. The van der Waals surface area contributed by atoms with E-state index in [0.717, 1.165) is 39.2 Å². The van der Waals surface area contributed by atoms with Gasteiger partial charge in [-0.05, 0) is 86.0 Å². The number of aromatic nitrogens is 2. The highest BCUT2D eigenvalue weighted by Crippen LogP contribution is 2.43. The summed E-state index contributed by atoms with van der Waals surface area (Å²) in [6.07, 6.45) is 0. The molecule has 0 bridgehead atoms. The van der Waals surface area contributed by atoms with E-state index < -0.39 is 0 Å². The summed E-state index contributed by atoms with van der Waals surface area (Å²) in [7, 11) is 0. The van der Waals surface area contributed by atoms with Gasteiger partial charge in [-0.3, -0.25) is 0 Å². The van der Waals surface area contributed by atoms with E-state index in [1.54, 1.807) is 0 Å². The predicted octanol–water partition coefficient (Wildman–Crippen LogP) is 12.3. The molecule has 3 heteroatoms. The third-order valence-electron chi connectivity index (χ3n) is 13.4. The number of rotatable bonds is 6. The van der Waals surface area contributed by atoms with Crippen molar-refractivity contribution in [3.63, 3.8) is 0 Å². The molecule has 0 aliphatic carbocycles. The molecular weight excluding hydrogens is 735 g/mol. The normalized spacial score (nSPS) is 14.1. The molecule has 2 nitrogen and oxygen atoms in total. The lowest BCUT2D eigenvalue weighted by Gasteiger charge is -2.47. The van der Waals surface area contributed by atoms with Crippen molar-refractivity contribution in [1.29, 1.82) is 0 Å². The van der Waals surface area contributed by atoms with Crippen LogP contribution in [-0.4, -0.2) is 16.7 Å². The van der Waals surface area contributed by atoms with Crippen LogP contribution in [0.4, 0.5) is 0 Å². The molecule has 2 aliphatic rings. The van der Waals surface area contributed by atoms with Gasteiger partial charge in [0.25, 0.3) is 0 Å². The average Bonchev–Trinajstić information content (AvgIpc) is 3.32. The fourth-order valence-corrected chi connectivity index (χ4v) is 10.3. The average molecular weight is 781 g/mol. The summed E-state index contributed by atoms with van der Waals surface area (Å²) < 4.78 is 0. The lowest BCUT2D eigenvalue weighted by molar-refractivity contribution is 0.622. The van der Waals surface area contributed by atoms with E-state index in [4.69, 9.17) is 9.97 Å². The Morgan fingerprint density at radius 2 is 0.705 bits per heavy atom. The molecule has 2 aliphatic heterocycles. The van der Waals surface area contributed by atoms with Crippen LogP contribution < -0.4 is 16.4 Å². The number of fused-ring (bicyclic) bond motifs is 4. The Balaban J connectivity index is 1.09. The monoisotopic (exact) mass is 780 g/mol. The number of hydrogen-bond acceptors (Lipinski definition) is 2. The van der Waals surface area contributed by atoms with Gasteiger partial charge < -0.3 is 0 Å². The molecular formula is C58H45BN2. The van der Waals surface area contributed by atoms with E-state index in [9.17, 15) is 0 Å². The molecule has 8 aromatic carbocycles. The molecule has 1 aromatic heterocycles. The van der Waals surface area contributed by atoms with E-state index in [1.807, 2.05) is 6.07 Å². The first-order valence-electron chi connectivity index (χ1n) is 21.4. The maximum Gasteiger partial charge on any atom is 0.242 e. The lowest BCUT2D eigenvalue weighted by atomic mass is 9.27. The highest BCUT2D eigenvalue weighted by atomic mass is 14.9. The van der Waals surface area contributed by atoms with Crippen molar-refractivity contribution < 1.29 is 0 Å². The third-order valence-corrected chi connectivity index (χ3v) is 13.4. The van der Waals surface area contributed by atoms with Gasteiger partial charge in [0.1, 0.15) is 0 Å². The van der Waals surface area contributed by atoms with E-state index in [1.165, 1.54) is 60.9 Å². The second-order valence-electron chi connectivity index (χ2n) is 17.8. The van der Waals surface area contributed by atoms with Gasteiger partial charge in [-0.1, -0.05) is 214 Å². The van der Waals surface area contributed by atoms with Crippen molar-refractivity contribution >= 4 is 23.1 Å². The van der Waals surface area contributed by atoms with Gasteiger partial charge >= 0.3 is 0 Å². The van der Waals surface area contributed by atoms with Crippen molar-refractivity contribution in [1.82, 2.24) is 9.97 Å². The van der Waals surface area contributed by atoms with Crippen LogP contribution in [0.15, 0.2) is 200 Å². The highest BCUT2D eigenvalue weighted by molar-refractivity contribution is 6.97. The van der Waals surface area contributed by atoms with Crippen LogP contribution in [0.1, 0.15) is 49.9 Å². The fraction of sp³-hybridized carbons (Fsp3) is 0.103. The summed E-state index contributed by atoms with van der Waals surface area (Å²) in [4.78, 5) is 10.6. The maximum absolute atomic E-state index is 5.30. The molecule has 0 saturated heterocycles. The van der Waals surface area contributed by atoms with Crippen LogP contribution in [0.3, 0.4) is 0 Å². The van der Waals surface area contributed by atoms with E-state index in [2.05, 4.69) is 222 Å². The van der Waals surface area contributed by atoms with Crippen LogP contribution in [0, 0.1) is 0 Å². The number of nitrogens with zero attached hydrogens (tertiary/aromatic N) is 2. The largest absolute Gasteiger partial charge is 0.242 e. The Morgan fingerprint density at radius 3 is 1.25 bits per heavy atom. The standard InChI is InChI=1S/C58H45BN2/c1-57(2)47-27-14-16-29-51(47)59-52-30-17-15-28-48(52)58(3,4)50-36-45(35-49(57)55(50)59)41-25-18-26-42(31-41)53-37-54(61-56(60-53)40-23-12-7-13-24-40)46-33-43(38-19-8-5-9-20-38)32-44(34-46)39-21-10-6-11-22-39/h5-37H,1-4H3. The van der Waals surface area contributed by atoms with Gasteiger partial charge in [0.05, 0.1) is 11.4 Å². The molecule has 11 rings (SSSR count). The Hall–Kier alpha value is -7.10. The first-order chi connectivity index (χ1) is 29.7. The SMILES string of the molecule is CC1(C)c2ccccc2B2c3ccccc3C(C)(C)c3cc(-c4cccc(-c5cc(-c6cc(-c7ccccc7)cc(-c7ccccc7)c6)nc(-c6ccccc6)n5)c4)cc1c32. The first-order valence-corrected chi connectivity index (χ1v) is 21.4. The van der Waals surface area contributed by atoms with Crippen molar-refractivity contribution in [2.45, 2.75) is 38.5 Å². The molecule has 0 spiro atoms. The van der Waals surface area contributed by atoms with E-state index >= 15 is 0 Å². The molecule has 0 amide bonds. The van der Waals surface area contributed by atoms with Crippen molar-refractivity contribution in [2.75, 3.05) is 0 Å². The Bertz CT molecular complexity index is 2990. The Kier molecular flexibility index (Phi) is 8.65. The second kappa shape index (κ2) is 14.3. The zero-order valence-corrected chi connectivity index (χ0v) is 35.0. The predicted molar refractivity (Wildman–Crippen MR) is 256 cm³/mol. The molecule has 290 valence electrons. The van der Waals surface area contributed by atoms with Crippen molar-refractivity contribution in [3.05, 3.63) is 222 Å². The zero-order valence-electron chi connectivity index (χ0n) is 35.0. The third kappa shape index (κ3) is 6.18. The summed E-state index contributed by atoms with van der Waals surface area (Å²) in [5.41, 5.74) is 21.5. The molecule has 3 heterocycles. The fourth-order valence-electron chi connectivity index (χ4n) is 10.3. The highest BCUT2D eigenvalue weighted by Gasteiger charge is 2.48. The molecule has 0 atom stereocenters. The minimum absolute atomic E-state index is 0.174. The minimum Gasteiger partial charge on any atom is -0.228 e. The summed E-state index contributed by atoms with van der Waals surface area (Å²) in [6.45, 7) is 9.85. The summed E-state index contributed by atoms with van der Waals surface area (Å²) >= 11 is 0. The van der Waals surface area contributed by atoms with Crippen LogP contribution >= 0.6 is 0 Å². The van der Waals surface area contributed by atoms with Crippen LogP contribution in [0.25, 0.3) is 67.3 Å². The minimum atomic E-state index is -0.174. The topological polar surface area (TPSA) is 25.8 Å². The van der Waals surface area contributed by atoms with Crippen LogP contribution in [0.2, 0.25) is 0 Å². The number of benzene rings is 8. The van der Waals surface area contributed by atoms with Crippen molar-refractivity contribution in [2.24, 2.45) is 0 Å². The molecule has 0 unspecified atom stereocenters. The molecule has 0 radical (unpaired) electrons. The second-order valence-corrected chi connectivity index (χ2v) is 17.8. The van der Waals surface area contributed by atoms with Gasteiger partial charge in [-0.2, -0.15) is 0 Å². The summed E-state index contributed by atoms with van der Waals surface area (Å²) in [5.74, 6) is 0.704. The molecule has 0 N–H and O–H groups in total. The lowest BCUT2D eigenvalue weighted by Crippen LogP contribution is -2.66. The molecule has 0 fully saturated rings. The molecule has 9 aromatic rings. The van der Waals surface area contributed by atoms with Gasteiger partial charge in [0, 0.05) is 27.5 Å². The van der Waals surface area contributed by atoms with Crippen molar-refractivity contribution in [3.8, 4) is 67.3 Å². The molecule has 0 saturated carbocycles. The van der Waals surface area contributed by atoms with E-state index in [-0.39, 0.29) is 17.5 Å². The smallest absolute Gasteiger partial charge is 0.228 e. The number of hydrogen-bond donors (Lipinski definition) is 0. The first kappa shape index (κ1) is 36.9.